The number of H-pyrrole nitrogens is 1. The molecule has 28 heavy (non-hydrogen) atoms. The molecular weight excluding hydrogens is 370 g/mol. The minimum atomic E-state index is 0.265. The zero-order valence-electron chi connectivity index (χ0n) is 17.8. The lowest BCUT2D eigenvalue weighted by Crippen LogP contribution is -2.04. The lowest BCUT2D eigenvalue weighted by atomic mass is 9.93. The Hall–Kier alpha value is -2.14. The van der Waals surface area contributed by atoms with Crippen LogP contribution in [0.2, 0.25) is 0 Å². The highest BCUT2D eigenvalue weighted by atomic mass is 35.5. The van der Waals surface area contributed by atoms with E-state index in [1.54, 1.807) is 6.33 Å². The third kappa shape index (κ3) is 8.26. The van der Waals surface area contributed by atoms with Crippen LogP contribution in [0.3, 0.4) is 0 Å². The number of aromatic nitrogens is 5. The summed E-state index contributed by atoms with van der Waals surface area (Å²) in [5.41, 5.74) is 2.35. The van der Waals surface area contributed by atoms with Gasteiger partial charge in [0.1, 0.15) is 5.82 Å². The maximum atomic E-state index is 5.77. The second-order valence-corrected chi connectivity index (χ2v) is 6.70. The van der Waals surface area contributed by atoms with E-state index in [2.05, 4.69) is 51.4 Å². The first-order valence-electron chi connectivity index (χ1n) is 10.1. The molecule has 0 radical (unpaired) electrons. The van der Waals surface area contributed by atoms with Gasteiger partial charge in [0.05, 0.1) is 12.0 Å². The van der Waals surface area contributed by atoms with Gasteiger partial charge in [-0.15, -0.1) is 11.6 Å². The molecule has 1 atom stereocenters. The predicted molar refractivity (Wildman–Crippen MR) is 118 cm³/mol. The molecule has 3 rings (SSSR count). The molecule has 1 N–H and O–H groups in total. The Morgan fingerprint density at radius 1 is 1.14 bits per heavy atom. The number of halogens is 1. The molecule has 0 spiro atoms. The molecular formula is C22H34ClN5. The Kier molecular flexibility index (Phi) is 11.9. The number of nitrogens with zero attached hydrogens (tertiary/aromatic N) is 4. The summed E-state index contributed by atoms with van der Waals surface area (Å²) in [6.45, 7) is 8.05. The third-order valence-electron chi connectivity index (χ3n) is 4.11. The molecule has 2 heterocycles. The summed E-state index contributed by atoms with van der Waals surface area (Å²) in [4.78, 5) is 8.56. The first kappa shape index (κ1) is 23.9. The number of unbranched alkanes of at least 4 members (excludes halogenated alkanes) is 1. The molecule has 5 nitrogen and oxygen atoms in total. The minimum absolute atomic E-state index is 0.265. The highest BCUT2D eigenvalue weighted by molar-refractivity contribution is 6.17. The lowest BCUT2D eigenvalue weighted by molar-refractivity contribution is 0.625. The molecule has 3 aromatic rings. The number of nitrogens with one attached hydrogen (secondary N) is 1. The highest BCUT2D eigenvalue weighted by Crippen LogP contribution is 2.27. The van der Waals surface area contributed by atoms with E-state index in [0.717, 1.165) is 48.9 Å². The van der Waals surface area contributed by atoms with Crippen molar-refractivity contribution >= 4 is 11.6 Å². The van der Waals surface area contributed by atoms with Crippen LogP contribution < -0.4 is 0 Å². The molecule has 0 bridgehead atoms. The number of aromatic amines is 1. The van der Waals surface area contributed by atoms with Gasteiger partial charge in [-0.05, 0) is 25.3 Å². The standard InChI is InChI=1S/C15H20ClN3.C5H8N2.C2H6/c1-2-14-17-15(19-18-14)13(10-6-7-11-16)12-8-4-3-5-9-12;1-5-3-7(2)4-6-5;1-2/h3-5,8-9,13H,2,6-7,10-11H2,1H3,(H,17,18,19);3-4H,1-2H3;1-2H3. The van der Waals surface area contributed by atoms with Crippen molar-refractivity contribution in [2.75, 3.05) is 5.88 Å². The SMILES string of the molecule is CC.CCc1nc(C(CCCCCl)c2ccccc2)n[nH]1.Cc1cn(C)cn1. The molecule has 0 aliphatic carbocycles. The van der Waals surface area contributed by atoms with Gasteiger partial charge in [0.15, 0.2) is 5.82 Å². The van der Waals surface area contributed by atoms with Crippen molar-refractivity contribution in [3.05, 3.63) is 65.8 Å². The van der Waals surface area contributed by atoms with Crippen molar-refractivity contribution in [3.8, 4) is 0 Å². The smallest absolute Gasteiger partial charge is 0.158 e. The van der Waals surface area contributed by atoms with Crippen LogP contribution in [0.5, 0.6) is 0 Å². The molecule has 0 saturated heterocycles. The summed E-state index contributed by atoms with van der Waals surface area (Å²) in [6, 6.07) is 10.5. The largest absolute Gasteiger partial charge is 0.340 e. The molecule has 0 saturated carbocycles. The fourth-order valence-corrected chi connectivity index (χ4v) is 2.93. The summed E-state index contributed by atoms with van der Waals surface area (Å²) >= 11 is 5.77. The van der Waals surface area contributed by atoms with Crippen molar-refractivity contribution < 1.29 is 0 Å². The van der Waals surface area contributed by atoms with Crippen LogP contribution in [0, 0.1) is 6.92 Å². The maximum Gasteiger partial charge on any atom is 0.158 e. The normalized spacial score (nSPS) is 11.1. The second kappa shape index (κ2) is 13.9. The van der Waals surface area contributed by atoms with Crippen LogP contribution in [0.25, 0.3) is 0 Å². The van der Waals surface area contributed by atoms with Gasteiger partial charge in [-0.2, -0.15) is 5.10 Å². The molecule has 1 unspecified atom stereocenters. The summed E-state index contributed by atoms with van der Waals surface area (Å²) in [5.74, 6) is 2.84. The molecule has 0 aliphatic rings. The van der Waals surface area contributed by atoms with Crippen molar-refractivity contribution in [2.45, 2.75) is 59.3 Å². The second-order valence-electron chi connectivity index (χ2n) is 6.32. The van der Waals surface area contributed by atoms with E-state index in [0.29, 0.717) is 0 Å². The minimum Gasteiger partial charge on any atom is -0.340 e. The third-order valence-corrected chi connectivity index (χ3v) is 4.38. The van der Waals surface area contributed by atoms with Crippen LogP contribution in [0.4, 0.5) is 0 Å². The van der Waals surface area contributed by atoms with Gasteiger partial charge in [0.25, 0.3) is 0 Å². The fraction of sp³-hybridized carbons (Fsp3) is 0.500. The zero-order valence-corrected chi connectivity index (χ0v) is 18.6. The molecule has 6 heteroatoms. The fourth-order valence-electron chi connectivity index (χ4n) is 2.74. The number of alkyl halides is 1. The number of hydrogen-bond donors (Lipinski definition) is 1. The molecule has 2 aromatic heterocycles. The molecule has 154 valence electrons. The van der Waals surface area contributed by atoms with E-state index in [1.165, 1.54) is 5.56 Å². The van der Waals surface area contributed by atoms with E-state index >= 15 is 0 Å². The van der Waals surface area contributed by atoms with Gasteiger partial charge < -0.3 is 4.57 Å². The van der Waals surface area contributed by atoms with E-state index in [1.807, 2.05) is 44.6 Å². The molecule has 0 aliphatic heterocycles. The van der Waals surface area contributed by atoms with Crippen LogP contribution >= 0.6 is 11.6 Å². The summed E-state index contributed by atoms with van der Waals surface area (Å²) in [7, 11) is 1.96. The van der Waals surface area contributed by atoms with Crippen LogP contribution in [-0.4, -0.2) is 30.6 Å². The summed E-state index contributed by atoms with van der Waals surface area (Å²) in [5, 5.41) is 7.38. The topological polar surface area (TPSA) is 59.4 Å². The number of imidazole rings is 1. The number of rotatable bonds is 7. The number of benzene rings is 1. The monoisotopic (exact) mass is 403 g/mol. The van der Waals surface area contributed by atoms with E-state index in [9.17, 15) is 0 Å². The average molecular weight is 404 g/mol. The van der Waals surface area contributed by atoms with Crippen LogP contribution in [0.1, 0.15) is 68.9 Å². The van der Waals surface area contributed by atoms with Gasteiger partial charge in [0, 0.05) is 31.5 Å². The Balaban J connectivity index is 0.000000363. The van der Waals surface area contributed by atoms with Crippen molar-refractivity contribution in [1.29, 1.82) is 0 Å². The van der Waals surface area contributed by atoms with Gasteiger partial charge in [0.2, 0.25) is 0 Å². The van der Waals surface area contributed by atoms with E-state index < -0.39 is 0 Å². The summed E-state index contributed by atoms with van der Waals surface area (Å²) < 4.78 is 1.93. The van der Waals surface area contributed by atoms with Gasteiger partial charge in [-0.1, -0.05) is 57.5 Å². The Labute approximate surface area is 174 Å². The van der Waals surface area contributed by atoms with E-state index in [4.69, 9.17) is 11.6 Å². The molecule has 1 aromatic carbocycles. The first-order valence-corrected chi connectivity index (χ1v) is 10.6. The predicted octanol–water partition coefficient (Wildman–Crippen LogP) is 5.66. The van der Waals surface area contributed by atoms with Gasteiger partial charge >= 0.3 is 0 Å². The quantitative estimate of drug-likeness (QED) is 0.408. The van der Waals surface area contributed by atoms with Gasteiger partial charge in [-0.3, -0.25) is 5.10 Å². The maximum absolute atomic E-state index is 5.77. The molecule has 0 fully saturated rings. The Morgan fingerprint density at radius 3 is 2.32 bits per heavy atom. The Bertz CT molecular complexity index is 735. The number of hydrogen-bond acceptors (Lipinski definition) is 3. The zero-order chi connectivity index (χ0) is 20.8. The Morgan fingerprint density at radius 2 is 1.86 bits per heavy atom. The lowest BCUT2D eigenvalue weighted by Gasteiger charge is -2.13. The van der Waals surface area contributed by atoms with E-state index in [-0.39, 0.29) is 5.92 Å². The van der Waals surface area contributed by atoms with Crippen LogP contribution in [-0.2, 0) is 13.5 Å². The first-order chi connectivity index (χ1) is 13.6. The van der Waals surface area contributed by atoms with Crippen molar-refractivity contribution in [2.24, 2.45) is 7.05 Å². The number of aryl methyl sites for hydroxylation is 3. The van der Waals surface area contributed by atoms with Crippen molar-refractivity contribution in [1.82, 2.24) is 24.7 Å². The van der Waals surface area contributed by atoms with Crippen molar-refractivity contribution in [3.63, 3.8) is 0 Å². The van der Waals surface area contributed by atoms with Crippen LogP contribution in [0.15, 0.2) is 42.9 Å². The average Bonchev–Trinajstić information content (AvgIpc) is 3.36. The summed E-state index contributed by atoms with van der Waals surface area (Å²) in [6.07, 6.45) is 7.82. The highest BCUT2D eigenvalue weighted by Gasteiger charge is 2.18. The van der Waals surface area contributed by atoms with Gasteiger partial charge in [-0.25, -0.2) is 9.97 Å². The molecule has 0 amide bonds.